The molecule has 64 heavy (non-hydrogen) atoms. The maximum Gasteiger partial charge on any atom is 0.157 e. The van der Waals surface area contributed by atoms with Crippen LogP contribution in [0, 0.1) is 0 Å². The van der Waals surface area contributed by atoms with Crippen LogP contribution in [0.5, 0.6) is 0 Å². The number of unbranched alkanes of at least 4 members (excludes halogenated alkanes) is 26. The predicted molar refractivity (Wildman–Crippen MR) is 271 cm³/mol. The maximum absolute atomic E-state index is 8.96. The van der Waals surface area contributed by atoms with Crippen LogP contribution in [0.3, 0.4) is 0 Å². The van der Waals surface area contributed by atoms with Crippen molar-refractivity contribution in [2.75, 3.05) is 99.9 Å². The number of aliphatic hydroxyl groups is 2. The van der Waals surface area contributed by atoms with Crippen molar-refractivity contribution in [1.82, 2.24) is 0 Å². The first-order valence-electron chi connectivity index (χ1n) is 27.4. The normalized spacial score (nSPS) is 12.9. The number of ether oxygens (including phenoxy) is 6. The van der Waals surface area contributed by atoms with Gasteiger partial charge in [-0.05, 0) is 89.9 Å². The Morgan fingerprint density at radius 2 is 0.797 bits per heavy atom. The Balaban J connectivity index is 4.57. The van der Waals surface area contributed by atoms with Gasteiger partial charge >= 0.3 is 0 Å². The number of rotatable bonds is 55. The highest BCUT2D eigenvalue weighted by Crippen LogP contribution is 2.15. The average Bonchev–Trinajstić information content (AvgIpc) is 3.28. The number of hydrogen-bond acceptors (Lipinski definition) is 8. The van der Waals surface area contributed by atoms with Crippen LogP contribution in [0.15, 0.2) is 24.3 Å². The molecule has 1 atom stereocenters. The van der Waals surface area contributed by atoms with Gasteiger partial charge in [-0.25, -0.2) is 0 Å². The van der Waals surface area contributed by atoms with E-state index in [1.54, 1.807) is 0 Å². The molecule has 0 rings (SSSR count). The number of aliphatic hydroxyl groups excluding tert-OH is 2. The second-order valence-electron chi connectivity index (χ2n) is 19.0. The largest absolute Gasteiger partial charge is 0.394 e. The summed E-state index contributed by atoms with van der Waals surface area (Å²) in [6, 6.07) is 0. The summed E-state index contributed by atoms with van der Waals surface area (Å²) in [6.07, 6.45) is 50.4. The van der Waals surface area contributed by atoms with Crippen molar-refractivity contribution >= 4 is 0 Å². The van der Waals surface area contributed by atoms with E-state index in [0.29, 0.717) is 46.2 Å². The van der Waals surface area contributed by atoms with E-state index in [1.165, 1.54) is 167 Å². The molecule has 0 bridgehead atoms. The summed E-state index contributed by atoms with van der Waals surface area (Å²) in [6.45, 7) is 11.3. The monoisotopic (exact) mass is 913 g/mol. The smallest absolute Gasteiger partial charge is 0.157 e. The minimum atomic E-state index is -0.318. The van der Waals surface area contributed by atoms with E-state index in [0.717, 1.165) is 69.3 Å². The lowest BCUT2D eigenvalue weighted by molar-refractivity contribution is -0.893. The van der Waals surface area contributed by atoms with Gasteiger partial charge in [-0.1, -0.05) is 154 Å². The molecule has 382 valence electrons. The fraction of sp³-hybridized carbons (Fsp3) is 0.927. The van der Waals surface area contributed by atoms with Crippen LogP contribution in [0.2, 0.25) is 0 Å². The highest BCUT2D eigenvalue weighted by atomic mass is 16.7. The lowest BCUT2D eigenvalue weighted by Gasteiger charge is -2.33. The number of allylic oxidation sites excluding steroid dienone is 4. The Morgan fingerprint density at radius 1 is 0.391 bits per heavy atom. The van der Waals surface area contributed by atoms with Crippen LogP contribution >= 0.6 is 0 Å². The summed E-state index contributed by atoms with van der Waals surface area (Å²) >= 11 is 0. The van der Waals surface area contributed by atoms with Crippen LogP contribution in [0.4, 0.5) is 0 Å². The topological polar surface area (TPSA) is 95.8 Å². The summed E-state index contributed by atoms with van der Waals surface area (Å²) in [7, 11) is 4.67. The molecule has 2 N–H and O–H groups in total. The van der Waals surface area contributed by atoms with E-state index >= 15 is 0 Å². The molecule has 9 nitrogen and oxygen atoms in total. The van der Waals surface area contributed by atoms with Crippen LogP contribution < -0.4 is 0 Å². The van der Waals surface area contributed by atoms with Gasteiger partial charge in [0.25, 0.3) is 0 Å². The number of likely N-dealkylation sites (N-methyl/N-ethyl adjacent to an activating group) is 1. The molecule has 0 fully saturated rings. The summed E-state index contributed by atoms with van der Waals surface area (Å²) in [4.78, 5) is 0. The molecule has 0 amide bonds. The van der Waals surface area contributed by atoms with Gasteiger partial charge in [-0.3, -0.25) is 0 Å². The molecule has 0 aromatic carbocycles. The summed E-state index contributed by atoms with van der Waals surface area (Å²) in [5, 5.41) is 17.9. The van der Waals surface area contributed by atoms with Crippen molar-refractivity contribution in [3.05, 3.63) is 24.3 Å². The molecule has 0 aliphatic carbocycles. The molecule has 1 unspecified atom stereocenters. The molecule has 9 heteroatoms. The molecule has 0 aromatic heterocycles. The van der Waals surface area contributed by atoms with E-state index in [9.17, 15) is 0 Å². The molecule has 0 aliphatic heterocycles. The Hall–Kier alpha value is -0.880. The number of hydrogen-bond donors (Lipinski definition) is 2. The predicted octanol–water partition coefficient (Wildman–Crippen LogP) is 13.5. The Morgan fingerprint density at radius 3 is 1.25 bits per heavy atom. The first-order valence-corrected chi connectivity index (χ1v) is 27.4. The quantitative estimate of drug-likeness (QED) is 0.0270. The number of quaternary nitrogens is 1. The van der Waals surface area contributed by atoms with Crippen molar-refractivity contribution in [1.29, 1.82) is 0 Å². The van der Waals surface area contributed by atoms with Crippen LogP contribution in [0.1, 0.15) is 219 Å². The van der Waals surface area contributed by atoms with E-state index < -0.39 is 0 Å². The molecule has 0 spiro atoms. The van der Waals surface area contributed by atoms with Gasteiger partial charge in [0.2, 0.25) is 0 Å². The molecular weight excluding hydrogens is 803 g/mol. The summed E-state index contributed by atoms with van der Waals surface area (Å²) in [5.74, 6) is 0. The molecule has 0 aliphatic rings. The lowest BCUT2D eigenvalue weighted by Crippen LogP contribution is -2.48. The highest BCUT2D eigenvalue weighted by molar-refractivity contribution is 4.82. The Labute approximate surface area is 397 Å². The van der Waals surface area contributed by atoms with Crippen LogP contribution in [0.25, 0.3) is 0 Å². The van der Waals surface area contributed by atoms with E-state index in [2.05, 4.69) is 52.2 Å². The first kappa shape index (κ1) is 63.1. The van der Waals surface area contributed by atoms with Crippen molar-refractivity contribution in [3.8, 4) is 0 Å². The maximum atomic E-state index is 8.96. The van der Waals surface area contributed by atoms with Crippen LogP contribution in [-0.4, -0.2) is 127 Å². The minimum Gasteiger partial charge on any atom is -0.394 e. The van der Waals surface area contributed by atoms with Gasteiger partial charge in [0.1, 0.15) is 12.6 Å². The van der Waals surface area contributed by atoms with Gasteiger partial charge in [-0.15, -0.1) is 0 Å². The van der Waals surface area contributed by atoms with Crippen molar-refractivity contribution in [2.45, 2.75) is 232 Å². The fourth-order valence-electron chi connectivity index (χ4n) is 8.11. The Bertz CT molecular complexity index is 920. The molecule has 0 radical (unpaired) electrons. The zero-order valence-electron chi connectivity index (χ0n) is 43.1. The summed E-state index contributed by atoms with van der Waals surface area (Å²) in [5.41, 5.74) is 0. The number of nitrogens with zero attached hydrogens (tertiary/aromatic N) is 1. The van der Waals surface area contributed by atoms with Gasteiger partial charge in [0, 0.05) is 13.2 Å². The standard InChI is InChI=1S/C55H110NO8/c1-5-7-9-11-13-15-17-19-21-23-25-27-29-31-33-38-44-61-53-54(62-45-39-34-32-30-28-26-24-22-20-18-16-14-12-10-8-6-2)52-56(3,4)41-37-35-36-40-55(63-50-48-59-46-42-57)64-51-49-60-47-43-58/h19-22,54-55,57-58H,5-18,23-53H2,1-4H3/q+1. The molecule has 0 saturated heterocycles. The van der Waals surface area contributed by atoms with Gasteiger partial charge in [0.15, 0.2) is 6.29 Å². The zero-order valence-corrected chi connectivity index (χ0v) is 43.1. The van der Waals surface area contributed by atoms with E-state index in [-0.39, 0.29) is 25.6 Å². The van der Waals surface area contributed by atoms with E-state index in [1.807, 2.05) is 0 Å². The second kappa shape index (κ2) is 53.1. The summed E-state index contributed by atoms with van der Waals surface area (Å²) < 4.78 is 36.4. The van der Waals surface area contributed by atoms with Crippen molar-refractivity contribution in [3.63, 3.8) is 0 Å². The lowest BCUT2D eigenvalue weighted by atomic mass is 10.1. The molecule has 0 saturated carbocycles. The first-order chi connectivity index (χ1) is 31.5. The fourth-order valence-corrected chi connectivity index (χ4v) is 8.11. The van der Waals surface area contributed by atoms with Gasteiger partial charge < -0.3 is 43.1 Å². The van der Waals surface area contributed by atoms with Crippen molar-refractivity contribution in [2.24, 2.45) is 0 Å². The molecular formula is C55H110NO8+. The van der Waals surface area contributed by atoms with Gasteiger partial charge in [-0.2, -0.15) is 0 Å². The third kappa shape index (κ3) is 50.5. The SMILES string of the molecule is CCCCCCCCC=CCCCCCCCCOCC(C[N+](C)(C)CCCCCC(OCCOCCO)OCCOCCO)OCCCCCCCCC=CCCCCCCCC. The minimum absolute atomic E-state index is 0.00699. The third-order valence-corrected chi connectivity index (χ3v) is 12.0. The van der Waals surface area contributed by atoms with E-state index in [4.69, 9.17) is 38.6 Å². The molecule has 0 heterocycles. The van der Waals surface area contributed by atoms with Crippen molar-refractivity contribution < 1.29 is 43.1 Å². The second-order valence-corrected chi connectivity index (χ2v) is 19.0. The van der Waals surface area contributed by atoms with Crippen LogP contribution in [-0.2, 0) is 28.4 Å². The third-order valence-electron chi connectivity index (χ3n) is 12.0. The zero-order chi connectivity index (χ0) is 46.5. The average molecular weight is 913 g/mol. The molecule has 0 aromatic rings. The van der Waals surface area contributed by atoms with Gasteiger partial charge in [0.05, 0.1) is 80.1 Å². The highest BCUT2D eigenvalue weighted by Gasteiger charge is 2.23. The Kier molecular flexibility index (Phi) is 52.4.